The van der Waals surface area contributed by atoms with Gasteiger partial charge in [-0.05, 0) is 34.6 Å². The number of thiocarbonyl (C=S) groups is 1. The van der Waals surface area contributed by atoms with Crippen molar-refractivity contribution in [3.05, 3.63) is 76.6 Å². The van der Waals surface area contributed by atoms with Crippen LogP contribution in [0.25, 0.3) is 0 Å². The first-order valence-electron chi connectivity index (χ1n) is 8.75. The third kappa shape index (κ3) is 4.70. The molecule has 3 heterocycles. The van der Waals surface area contributed by atoms with Crippen molar-refractivity contribution >= 4 is 34.3 Å². The molecular weight excluding hydrogens is 376 g/mol. The minimum absolute atomic E-state index is 0.0181. The van der Waals surface area contributed by atoms with Gasteiger partial charge in [0, 0.05) is 12.1 Å². The number of nitrogens with zero attached hydrogens (tertiary/aromatic N) is 1. The second-order valence-corrected chi connectivity index (χ2v) is 8.71. The number of ketones is 1. The summed E-state index contributed by atoms with van der Waals surface area (Å²) in [4.78, 5) is 14.3. The average Bonchev–Trinajstić information content (AvgIpc) is 3.33. The molecule has 1 atom stereocenters. The first kappa shape index (κ1) is 19.5. The van der Waals surface area contributed by atoms with Crippen molar-refractivity contribution in [3.8, 4) is 0 Å². The predicted octanol–water partition coefficient (Wildman–Crippen LogP) is 4.47. The molecule has 0 amide bonds. The number of carbonyl (C=O) groups excluding carboxylic acids is 1. The lowest BCUT2D eigenvalue weighted by Gasteiger charge is -2.19. The van der Waals surface area contributed by atoms with Crippen molar-refractivity contribution in [3.63, 3.8) is 0 Å². The maximum atomic E-state index is 13.1. The second kappa shape index (κ2) is 8.15. The van der Waals surface area contributed by atoms with E-state index in [9.17, 15) is 4.79 Å². The van der Waals surface area contributed by atoms with E-state index in [-0.39, 0.29) is 11.2 Å². The van der Waals surface area contributed by atoms with E-state index in [1.54, 1.807) is 6.26 Å². The van der Waals surface area contributed by atoms with Crippen LogP contribution in [0.5, 0.6) is 0 Å². The van der Waals surface area contributed by atoms with Crippen LogP contribution in [0.4, 0.5) is 0 Å². The van der Waals surface area contributed by atoms with Crippen LogP contribution in [0.1, 0.15) is 47.8 Å². The molecule has 0 radical (unpaired) electrons. The zero-order valence-electron chi connectivity index (χ0n) is 15.6. The van der Waals surface area contributed by atoms with Crippen LogP contribution in [0.3, 0.4) is 0 Å². The summed E-state index contributed by atoms with van der Waals surface area (Å²) in [5, 5.41) is 5.07. The molecular formula is C21H23N2O2S2+. The smallest absolute Gasteiger partial charge is 0.271 e. The number of carbonyl (C=O) groups is 1. The minimum Gasteiger partial charge on any atom is -0.467 e. The highest BCUT2D eigenvalue weighted by Crippen LogP contribution is 2.21. The van der Waals surface area contributed by atoms with Crippen LogP contribution in [0, 0.1) is 0 Å². The molecule has 0 fully saturated rings. The van der Waals surface area contributed by atoms with Gasteiger partial charge in [-0.3, -0.25) is 4.79 Å². The zero-order valence-corrected chi connectivity index (χ0v) is 17.3. The van der Waals surface area contributed by atoms with E-state index in [0.29, 0.717) is 16.4 Å². The van der Waals surface area contributed by atoms with Gasteiger partial charge in [-0.1, -0.05) is 39.1 Å². The molecule has 0 spiro atoms. The Balaban J connectivity index is 1.87. The molecule has 0 aromatic carbocycles. The summed E-state index contributed by atoms with van der Waals surface area (Å²) < 4.78 is 7.21. The highest BCUT2D eigenvalue weighted by Gasteiger charge is 2.34. The molecule has 3 rings (SSSR count). The van der Waals surface area contributed by atoms with Crippen molar-refractivity contribution in [2.45, 2.75) is 38.8 Å². The van der Waals surface area contributed by atoms with E-state index >= 15 is 0 Å². The molecule has 0 aliphatic heterocycles. The number of nitrogens with one attached hydrogen (secondary N) is 1. The molecule has 140 valence electrons. The highest BCUT2D eigenvalue weighted by molar-refractivity contribution is 7.80. The van der Waals surface area contributed by atoms with Gasteiger partial charge in [0.25, 0.3) is 6.04 Å². The summed E-state index contributed by atoms with van der Waals surface area (Å²) in [5.74, 6) is 0.753. The number of thiophene rings is 1. The third-order valence-electron chi connectivity index (χ3n) is 4.29. The first-order chi connectivity index (χ1) is 12.9. The summed E-state index contributed by atoms with van der Waals surface area (Å²) in [6, 6.07) is 10.9. The Morgan fingerprint density at radius 1 is 1.22 bits per heavy atom. The Morgan fingerprint density at radius 3 is 2.52 bits per heavy atom. The molecule has 0 aliphatic carbocycles. The quantitative estimate of drug-likeness (QED) is 0.377. The van der Waals surface area contributed by atoms with Crippen LogP contribution >= 0.6 is 23.6 Å². The van der Waals surface area contributed by atoms with Crippen LogP contribution < -0.4 is 9.88 Å². The number of aromatic nitrogens is 1. The van der Waals surface area contributed by atoms with Gasteiger partial charge in [0.1, 0.15) is 5.76 Å². The minimum atomic E-state index is -0.595. The standard InChI is InChI=1S/C21H22N2O2S2/c1-21(2,3)15-8-10-23(11-9-15)18(19(24)17-7-5-13-27-17)20(26)22-14-16-6-4-12-25-16/h4-13,18H,14H2,1-3H3/p+1/t18-/m1/s1. The summed E-state index contributed by atoms with van der Waals surface area (Å²) in [6.45, 7) is 6.93. The molecule has 27 heavy (non-hydrogen) atoms. The van der Waals surface area contributed by atoms with Gasteiger partial charge in [0.15, 0.2) is 17.4 Å². The summed E-state index contributed by atoms with van der Waals surface area (Å²) in [7, 11) is 0. The van der Waals surface area contributed by atoms with E-state index < -0.39 is 6.04 Å². The van der Waals surface area contributed by atoms with Crippen LogP contribution in [0.15, 0.2) is 64.9 Å². The van der Waals surface area contributed by atoms with Crippen LogP contribution in [-0.2, 0) is 12.0 Å². The van der Waals surface area contributed by atoms with Crippen LogP contribution in [-0.4, -0.2) is 10.8 Å². The molecule has 0 bridgehead atoms. The van der Waals surface area contributed by atoms with Gasteiger partial charge >= 0.3 is 0 Å². The largest absolute Gasteiger partial charge is 0.467 e. The predicted molar refractivity (Wildman–Crippen MR) is 111 cm³/mol. The molecule has 3 aromatic rings. The fourth-order valence-electron chi connectivity index (χ4n) is 2.74. The van der Waals surface area contributed by atoms with E-state index in [4.69, 9.17) is 16.6 Å². The molecule has 4 nitrogen and oxygen atoms in total. The van der Waals surface area contributed by atoms with Gasteiger partial charge in [-0.15, -0.1) is 11.3 Å². The van der Waals surface area contributed by atoms with Gasteiger partial charge in [0.05, 0.1) is 17.7 Å². The van der Waals surface area contributed by atoms with Crippen LogP contribution in [0.2, 0.25) is 0 Å². The summed E-state index contributed by atoms with van der Waals surface area (Å²) in [6.07, 6.45) is 5.48. The van der Waals surface area contributed by atoms with E-state index in [2.05, 4.69) is 26.1 Å². The van der Waals surface area contributed by atoms with Crippen molar-refractivity contribution in [1.29, 1.82) is 0 Å². The van der Waals surface area contributed by atoms with E-state index in [1.165, 1.54) is 16.9 Å². The summed E-state index contributed by atoms with van der Waals surface area (Å²) in [5.41, 5.74) is 1.25. The molecule has 0 saturated heterocycles. The molecule has 6 heteroatoms. The Hall–Kier alpha value is -2.31. The number of hydrogen-bond acceptors (Lipinski definition) is 4. The first-order valence-corrected chi connectivity index (χ1v) is 10.0. The normalized spacial score (nSPS) is 12.6. The highest BCUT2D eigenvalue weighted by atomic mass is 32.1. The Kier molecular flexibility index (Phi) is 5.87. The number of furan rings is 1. The van der Waals surface area contributed by atoms with Crippen molar-refractivity contribution < 1.29 is 13.8 Å². The lowest BCUT2D eigenvalue weighted by molar-refractivity contribution is -0.692. The topological polar surface area (TPSA) is 46.1 Å². The van der Waals surface area contributed by atoms with Gasteiger partial charge in [-0.2, -0.15) is 4.57 Å². The fraction of sp³-hybridized carbons (Fsp3) is 0.286. The van der Waals surface area contributed by atoms with Crippen molar-refractivity contribution in [1.82, 2.24) is 5.32 Å². The zero-order chi connectivity index (χ0) is 19.4. The molecule has 0 aliphatic rings. The number of Topliss-reactive ketones (excluding diaryl/α,β-unsaturated/α-hetero) is 1. The van der Waals surface area contributed by atoms with Gasteiger partial charge in [0.2, 0.25) is 5.78 Å². The second-order valence-electron chi connectivity index (χ2n) is 7.33. The number of pyridine rings is 1. The number of rotatable bonds is 6. The monoisotopic (exact) mass is 399 g/mol. The maximum Gasteiger partial charge on any atom is 0.271 e. The fourth-order valence-corrected chi connectivity index (χ4v) is 3.73. The molecule has 1 N–H and O–H groups in total. The molecule has 0 saturated carbocycles. The molecule has 0 unspecified atom stereocenters. The maximum absolute atomic E-state index is 13.1. The molecule has 3 aromatic heterocycles. The van der Waals surface area contributed by atoms with Gasteiger partial charge in [-0.25, -0.2) is 0 Å². The van der Waals surface area contributed by atoms with E-state index in [1.807, 2.05) is 58.7 Å². The third-order valence-corrected chi connectivity index (χ3v) is 5.55. The van der Waals surface area contributed by atoms with Gasteiger partial charge < -0.3 is 9.73 Å². The Labute approximate surface area is 168 Å². The van der Waals surface area contributed by atoms with Crippen molar-refractivity contribution in [2.24, 2.45) is 0 Å². The summed E-state index contributed by atoms with van der Waals surface area (Å²) >= 11 is 7.02. The number of hydrogen-bond donors (Lipinski definition) is 1. The lowest BCUT2D eigenvalue weighted by Crippen LogP contribution is -2.51. The SMILES string of the molecule is CC(C)(C)c1cc[n+]([C@H](C(=O)c2cccs2)C(=S)NCc2ccco2)cc1. The average molecular weight is 400 g/mol. The Bertz CT molecular complexity index is 893. The Morgan fingerprint density at radius 2 is 1.96 bits per heavy atom. The van der Waals surface area contributed by atoms with Crippen molar-refractivity contribution in [2.75, 3.05) is 0 Å². The van der Waals surface area contributed by atoms with E-state index in [0.717, 1.165) is 5.76 Å². The lowest BCUT2D eigenvalue weighted by atomic mass is 9.88.